The fraction of sp³-hybridized carbons (Fsp3) is 0.167. The van der Waals surface area contributed by atoms with Crippen molar-refractivity contribution >= 4 is 33.7 Å². The highest BCUT2D eigenvalue weighted by Gasteiger charge is 2.15. The third-order valence-electron chi connectivity index (χ3n) is 2.91. The maximum Gasteiger partial charge on any atom is 0.276 e. The van der Waals surface area contributed by atoms with Gasteiger partial charge >= 0.3 is 0 Å². The number of aryl methyl sites for hydroxylation is 2. The van der Waals surface area contributed by atoms with Crippen molar-refractivity contribution in [1.82, 2.24) is 19.9 Å². The number of benzene rings is 1. The lowest BCUT2D eigenvalue weighted by molar-refractivity contribution is 0.378. The number of nitrogens with zero attached hydrogens (tertiary/aromatic N) is 4. The van der Waals surface area contributed by atoms with Gasteiger partial charge in [-0.3, -0.25) is 0 Å². The van der Waals surface area contributed by atoms with Crippen LogP contribution in [0.5, 0.6) is 11.8 Å². The summed E-state index contributed by atoms with van der Waals surface area (Å²) in [5.74, 6) is -1.09. The summed E-state index contributed by atoms with van der Waals surface area (Å²) in [5, 5.41) is 19.2. The summed E-state index contributed by atoms with van der Waals surface area (Å²) >= 11 is 6.14. The van der Waals surface area contributed by atoms with Gasteiger partial charge in [0.15, 0.2) is 0 Å². The molecule has 19 heavy (non-hydrogen) atoms. The molecule has 1 aromatic carbocycles. The molecule has 0 bridgehead atoms. The van der Waals surface area contributed by atoms with Crippen molar-refractivity contribution in [2.45, 2.75) is 13.8 Å². The van der Waals surface area contributed by atoms with Crippen molar-refractivity contribution in [3.63, 3.8) is 0 Å². The zero-order valence-corrected chi connectivity index (χ0v) is 10.9. The molecule has 0 spiro atoms. The normalized spacial score (nSPS) is 11.3. The van der Waals surface area contributed by atoms with Gasteiger partial charge in [-0.25, -0.2) is 19.9 Å². The van der Waals surface area contributed by atoms with E-state index in [9.17, 15) is 10.2 Å². The van der Waals surface area contributed by atoms with Crippen molar-refractivity contribution in [2.75, 3.05) is 0 Å². The van der Waals surface area contributed by atoms with E-state index in [2.05, 4.69) is 19.9 Å². The van der Waals surface area contributed by atoms with Gasteiger partial charge in [-0.1, -0.05) is 11.6 Å². The average Bonchev–Trinajstić information content (AvgIpc) is 2.35. The molecular weight excluding hydrogens is 268 g/mol. The van der Waals surface area contributed by atoms with Gasteiger partial charge in [-0.15, -0.1) is 0 Å². The lowest BCUT2D eigenvalue weighted by Gasteiger charge is -2.07. The molecule has 0 saturated heterocycles. The van der Waals surface area contributed by atoms with Crippen LogP contribution in [0, 0.1) is 13.8 Å². The minimum atomic E-state index is -0.545. The van der Waals surface area contributed by atoms with Gasteiger partial charge in [0, 0.05) is 0 Å². The number of aromatic nitrogens is 4. The summed E-state index contributed by atoms with van der Waals surface area (Å²) < 4.78 is 0. The van der Waals surface area contributed by atoms with Gasteiger partial charge in [-0.2, -0.15) is 0 Å². The standard InChI is InChI=1S/C12H9ClN4O2/c1-4-5(2)15-10-8(14-4)6(13)3-7-9(10)17-12(19)11(18)16-7/h3H,1-2H3,(H,16,18)(H,17,19). The van der Waals surface area contributed by atoms with Crippen LogP contribution >= 0.6 is 11.6 Å². The van der Waals surface area contributed by atoms with E-state index in [4.69, 9.17) is 11.6 Å². The molecule has 0 aliphatic carbocycles. The summed E-state index contributed by atoms with van der Waals surface area (Å²) in [6.07, 6.45) is 0. The number of hydrogen-bond donors (Lipinski definition) is 2. The third-order valence-corrected chi connectivity index (χ3v) is 3.20. The molecular formula is C12H9ClN4O2. The second-order valence-corrected chi connectivity index (χ2v) is 4.60. The Kier molecular flexibility index (Phi) is 2.43. The summed E-state index contributed by atoms with van der Waals surface area (Å²) in [6, 6.07) is 1.54. The second-order valence-electron chi connectivity index (χ2n) is 4.19. The zero-order chi connectivity index (χ0) is 13.7. The summed E-state index contributed by atoms with van der Waals surface area (Å²) in [4.78, 5) is 16.5. The Morgan fingerprint density at radius 3 is 2.11 bits per heavy atom. The molecule has 0 amide bonds. The summed E-state index contributed by atoms with van der Waals surface area (Å²) in [7, 11) is 0. The molecule has 0 aliphatic rings. The highest BCUT2D eigenvalue weighted by atomic mass is 35.5. The van der Waals surface area contributed by atoms with Crippen molar-refractivity contribution < 1.29 is 10.2 Å². The van der Waals surface area contributed by atoms with E-state index >= 15 is 0 Å². The molecule has 2 aromatic heterocycles. The van der Waals surface area contributed by atoms with Crippen molar-refractivity contribution in [3.05, 3.63) is 22.5 Å². The Labute approximate surface area is 112 Å². The minimum Gasteiger partial charge on any atom is -0.489 e. The molecule has 3 rings (SSSR count). The first-order chi connectivity index (χ1) is 8.97. The van der Waals surface area contributed by atoms with Gasteiger partial charge in [0.2, 0.25) is 0 Å². The number of rotatable bonds is 0. The number of fused-ring (bicyclic) bond motifs is 3. The molecule has 2 N–H and O–H groups in total. The molecule has 6 nitrogen and oxygen atoms in total. The van der Waals surface area contributed by atoms with Gasteiger partial charge in [0.25, 0.3) is 11.8 Å². The van der Waals surface area contributed by atoms with Crippen LogP contribution in [0.3, 0.4) is 0 Å². The van der Waals surface area contributed by atoms with Crippen LogP contribution in [0.2, 0.25) is 5.02 Å². The summed E-state index contributed by atoms with van der Waals surface area (Å²) in [5.41, 5.74) is 3.16. The second kappa shape index (κ2) is 3.89. The average molecular weight is 277 g/mol. The molecule has 0 radical (unpaired) electrons. The monoisotopic (exact) mass is 276 g/mol. The quantitative estimate of drug-likeness (QED) is 0.612. The van der Waals surface area contributed by atoms with Gasteiger partial charge in [0.05, 0.1) is 21.9 Å². The van der Waals surface area contributed by atoms with E-state index in [-0.39, 0.29) is 0 Å². The van der Waals surface area contributed by atoms with E-state index < -0.39 is 11.8 Å². The first-order valence-corrected chi connectivity index (χ1v) is 5.88. The summed E-state index contributed by atoms with van der Waals surface area (Å²) in [6.45, 7) is 3.66. The van der Waals surface area contributed by atoms with Gasteiger partial charge in [0.1, 0.15) is 16.6 Å². The minimum absolute atomic E-state index is 0.352. The number of halogens is 1. The number of hydrogen-bond acceptors (Lipinski definition) is 6. The highest BCUT2D eigenvalue weighted by molar-refractivity contribution is 6.36. The van der Waals surface area contributed by atoms with Crippen molar-refractivity contribution in [2.24, 2.45) is 0 Å². The smallest absolute Gasteiger partial charge is 0.276 e. The molecule has 0 atom stereocenters. The lowest BCUT2D eigenvalue weighted by Crippen LogP contribution is -1.97. The molecule has 0 fully saturated rings. The van der Waals surface area contributed by atoms with Crippen LogP contribution in [0.4, 0.5) is 0 Å². The molecule has 2 heterocycles. The predicted molar refractivity (Wildman–Crippen MR) is 70.4 cm³/mol. The molecule has 3 aromatic rings. The Morgan fingerprint density at radius 1 is 0.842 bits per heavy atom. The van der Waals surface area contributed by atoms with Crippen molar-refractivity contribution in [3.8, 4) is 11.8 Å². The SMILES string of the molecule is Cc1nc2c(Cl)cc3nc(O)c(O)nc3c2nc1C. The largest absolute Gasteiger partial charge is 0.489 e. The van der Waals surface area contributed by atoms with Crippen LogP contribution in [-0.4, -0.2) is 30.1 Å². The molecule has 7 heteroatoms. The van der Waals surface area contributed by atoms with Crippen LogP contribution in [0.15, 0.2) is 6.07 Å². The predicted octanol–water partition coefficient (Wildman–Crippen LogP) is 2.25. The topological polar surface area (TPSA) is 92.0 Å². The molecule has 0 saturated carbocycles. The molecule has 0 aliphatic heterocycles. The van der Waals surface area contributed by atoms with Crippen molar-refractivity contribution in [1.29, 1.82) is 0 Å². The fourth-order valence-corrected chi connectivity index (χ4v) is 2.06. The maximum absolute atomic E-state index is 9.47. The maximum atomic E-state index is 9.47. The highest BCUT2D eigenvalue weighted by Crippen LogP contribution is 2.31. The lowest BCUT2D eigenvalue weighted by atomic mass is 10.2. The van der Waals surface area contributed by atoms with Gasteiger partial charge < -0.3 is 10.2 Å². The van der Waals surface area contributed by atoms with E-state index in [1.54, 1.807) is 0 Å². The molecule has 0 unspecified atom stereocenters. The van der Waals surface area contributed by atoms with Crippen LogP contribution in [-0.2, 0) is 0 Å². The van der Waals surface area contributed by atoms with E-state index in [0.717, 1.165) is 11.4 Å². The Bertz CT molecular complexity index is 835. The Balaban J connectivity index is 2.57. The Hall–Kier alpha value is -2.21. The van der Waals surface area contributed by atoms with E-state index in [1.165, 1.54) is 6.07 Å². The van der Waals surface area contributed by atoms with E-state index in [1.807, 2.05) is 13.8 Å². The van der Waals surface area contributed by atoms with Crippen LogP contribution in [0.1, 0.15) is 11.4 Å². The third kappa shape index (κ3) is 1.72. The Morgan fingerprint density at radius 2 is 1.42 bits per heavy atom. The first kappa shape index (κ1) is 11.9. The molecule has 96 valence electrons. The number of aromatic hydroxyl groups is 2. The fourth-order valence-electron chi connectivity index (χ4n) is 1.83. The van der Waals surface area contributed by atoms with E-state index in [0.29, 0.717) is 27.1 Å². The van der Waals surface area contributed by atoms with Crippen LogP contribution in [0.25, 0.3) is 22.1 Å². The zero-order valence-electron chi connectivity index (χ0n) is 10.1. The first-order valence-electron chi connectivity index (χ1n) is 5.50. The van der Waals surface area contributed by atoms with Crippen LogP contribution < -0.4 is 0 Å². The van der Waals surface area contributed by atoms with Gasteiger partial charge in [-0.05, 0) is 19.9 Å².